The van der Waals surface area contributed by atoms with Gasteiger partial charge >= 0.3 is 12.0 Å². The van der Waals surface area contributed by atoms with Gasteiger partial charge in [-0.3, -0.25) is 4.79 Å². The molecule has 0 spiro atoms. The summed E-state index contributed by atoms with van der Waals surface area (Å²) in [5.74, 6) is -1.21. The molecule has 2 N–H and O–H groups in total. The summed E-state index contributed by atoms with van der Waals surface area (Å²) in [4.78, 5) is 24.1. The number of aromatic nitrogens is 1. The first-order chi connectivity index (χ1) is 9.87. The third kappa shape index (κ3) is 4.18. The fraction of sp³-hybridized carbons (Fsp3) is 0.545. The number of sulfone groups is 1. The molecule has 10 heteroatoms. The minimum absolute atomic E-state index is 0.0253. The van der Waals surface area contributed by atoms with Crippen molar-refractivity contribution in [3.8, 4) is 0 Å². The lowest BCUT2D eigenvalue weighted by molar-refractivity contribution is -0.138. The molecule has 0 radical (unpaired) electrons. The zero-order valence-corrected chi connectivity index (χ0v) is 11.9. The monoisotopic (exact) mass is 317 g/mol. The van der Waals surface area contributed by atoms with E-state index in [4.69, 9.17) is 9.63 Å². The Balaban J connectivity index is 2.01. The third-order valence-electron chi connectivity index (χ3n) is 3.11. The van der Waals surface area contributed by atoms with Crippen LogP contribution in [-0.4, -0.2) is 59.7 Å². The summed E-state index contributed by atoms with van der Waals surface area (Å²) < 4.78 is 28.0. The molecule has 0 aliphatic carbocycles. The lowest BCUT2D eigenvalue weighted by Crippen LogP contribution is -2.54. The van der Waals surface area contributed by atoms with E-state index in [1.165, 1.54) is 11.1 Å². The van der Waals surface area contributed by atoms with Crippen molar-refractivity contribution in [1.29, 1.82) is 0 Å². The Morgan fingerprint density at radius 3 is 2.90 bits per heavy atom. The average molecular weight is 317 g/mol. The van der Waals surface area contributed by atoms with E-state index in [1.54, 1.807) is 6.07 Å². The van der Waals surface area contributed by atoms with Gasteiger partial charge in [-0.25, -0.2) is 13.2 Å². The van der Waals surface area contributed by atoms with Crippen molar-refractivity contribution in [3.63, 3.8) is 0 Å². The van der Waals surface area contributed by atoms with Crippen LogP contribution < -0.4 is 5.32 Å². The van der Waals surface area contributed by atoms with Gasteiger partial charge in [-0.1, -0.05) is 5.16 Å². The Morgan fingerprint density at radius 1 is 1.52 bits per heavy atom. The lowest BCUT2D eigenvalue weighted by atomic mass is 10.2. The standard InChI is InChI=1S/C11H15N3O6S/c15-10(16)5-8-7-21(18,19)4-3-14(8)11(17)12-6-9-1-2-13-20-9/h1-2,8H,3-7H2,(H,12,17)(H,15,16). The van der Waals surface area contributed by atoms with Gasteiger partial charge in [-0.05, 0) is 0 Å². The largest absolute Gasteiger partial charge is 0.481 e. The maximum absolute atomic E-state index is 12.1. The highest BCUT2D eigenvalue weighted by Crippen LogP contribution is 2.15. The molecule has 2 heterocycles. The Labute approximate surface area is 120 Å². The van der Waals surface area contributed by atoms with Gasteiger partial charge in [-0.15, -0.1) is 0 Å². The summed E-state index contributed by atoms with van der Waals surface area (Å²) in [6, 6.07) is 0.193. The summed E-state index contributed by atoms with van der Waals surface area (Å²) in [6.07, 6.45) is 1.02. The summed E-state index contributed by atoms with van der Waals surface area (Å²) in [6.45, 7) is 0.0738. The predicted octanol–water partition coefficient (Wildman–Crippen LogP) is -0.542. The lowest BCUT2D eigenvalue weighted by Gasteiger charge is -2.34. The van der Waals surface area contributed by atoms with Crippen molar-refractivity contribution in [2.24, 2.45) is 0 Å². The molecule has 2 amide bonds. The fourth-order valence-electron chi connectivity index (χ4n) is 2.12. The zero-order valence-electron chi connectivity index (χ0n) is 11.1. The van der Waals surface area contributed by atoms with Crippen LogP contribution in [0.2, 0.25) is 0 Å². The molecule has 1 unspecified atom stereocenters. The molecule has 1 saturated heterocycles. The highest BCUT2D eigenvalue weighted by molar-refractivity contribution is 7.91. The maximum Gasteiger partial charge on any atom is 0.318 e. The average Bonchev–Trinajstić information content (AvgIpc) is 2.87. The molecular weight excluding hydrogens is 302 g/mol. The van der Waals surface area contributed by atoms with Crippen LogP contribution in [0.1, 0.15) is 12.2 Å². The van der Waals surface area contributed by atoms with E-state index in [9.17, 15) is 18.0 Å². The van der Waals surface area contributed by atoms with Crippen molar-refractivity contribution in [2.45, 2.75) is 19.0 Å². The first-order valence-electron chi connectivity index (χ1n) is 6.23. The Morgan fingerprint density at radius 2 is 2.29 bits per heavy atom. The number of hydrogen-bond donors (Lipinski definition) is 2. The quantitative estimate of drug-likeness (QED) is 0.762. The SMILES string of the molecule is O=C(O)CC1CS(=O)(=O)CCN1C(=O)NCc1ccno1. The second kappa shape index (κ2) is 6.12. The first-order valence-corrected chi connectivity index (χ1v) is 8.06. The number of urea groups is 1. The van der Waals surface area contributed by atoms with Crippen molar-refractivity contribution in [2.75, 3.05) is 18.1 Å². The minimum atomic E-state index is -3.32. The van der Waals surface area contributed by atoms with Gasteiger partial charge in [0, 0.05) is 12.6 Å². The fourth-order valence-corrected chi connectivity index (χ4v) is 3.65. The van der Waals surface area contributed by atoms with Crippen LogP contribution in [0.4, 0.5) is 4.79 Å². The van der Waals surface area contributed by atoms with Crippen LogP contribution in [0.25, 0.3) is 0 Å². The number of carboxylic acids is 1. The van der Waals surface area contributed by atoms with Gasteiger partial charge in [0.2, 0.25) is 0 Å². The molecule has 0 bridgehead atoms. The van der Waals surface area contributed by atoms with Gasteiger partial charge in [0.1, 0.15) is 0 Å². The Hall–Kier alpha value is -2.10. The second-order valence-electron chi connectivity index (χ2n) is 4.70. The van der Waals surface area contributed by atoms with E-state index < -0.39 is 34.3 Å². The molecule has 1 aromatic heterocycles. The number of amides is 2. The van der Waals surface area contributed by atoms with Crippen LogP contribution in [0.3, 0.4) is 0 Å². The highest BCUT2D eigenvalue weighted by atomic mass is 32.2. The van der Waals surface area contributed by atoms with E-state index in [2.05, 4.69) is 10.5 Å². The van der Waals surface area contributed by atoms with Crippen molar-refractivity contribution in [3.05, 3.63) is 18.0 Å². The van der Waals surface area contributed by atoms with Crippen LogP contribution in [-0.2, 0) is 21.2 Å². The number of nitrogens with zero attached hydrogens (tertiary/aromatic N) is 2. The van der Waals surface area contributed by atoms with Gasteiger partial charge in [0.25, 0.3) is 0 Å². The zero-order chi connectivity index (χ0) is 15.5. The van der Waals surface area contributed by atoms with E-state index in [-0.39, 0.29) is 24.6 Å². The molecule has 1 atom stereocenters. The molecule has 2 rings (SSSR count). The number of carboxylic acid groups (broad SMARTS) is 1. The van der Waals surface area contributed by atoms with Crippen molar-refractivity contribution < 1.29 is 27.6 Å². The van der Waals surface area contributed by atoms with Crippen LogP contribution >= 0.6 is 0 Å². The summed E-state index contributed by atoms with van der Waals surface area (Å²) in [7, 11) is -3.32. The van der Waals surface area contributed by atoms with Gasteiger partial charge < -0.3 is 19.8 Å². The van der Waals surface area contributed by atoms with E-state index in [0.717, 1.165) is 0 Å². The third-order valence-corrected chi connectivity index (χ3v) is 4.80. The molecule has 1 aliphatic rings. The van der Waals surface area contributed by atoms with Crippen LogP contribution in [0.5, 0.6) is 0 Å². The van der Waals surface area contributed by atoms with E-state index >= 15 is 0 Å². The molecule has 1 aliphatic heterocycles. The molecular formula is C11H15N3O6S. The molecule has 0 aromatic carbocycles. The topological polar surface area (TPSA) is 130 Å². The summed E-state index contributed by atoms with van der Waals surface area (Å²) in [5, 5.41) is 14.9. The minimum Gasteiger partial charge on any atom is -0.481 e. The van der Waals surface area contributed by atoms with Gasteiger partial charge in [0.05, 0.1) is 36.7 Å². The number of nitrogens with one attached hydrogen (secondary N) is 1. The van der Waals surface area contributed by atoms with E-state index in [1.807, 2.05) is 0 Å². The maximum atomic E-state index is 12.1. The number of hydrogen-bond acceptors (Lipinski definition) is 6. The number of aliphatic carboxylic acids is 1. The highest BCUT2D eigenvalue weighted by Gasteiger charge is 2.35. The molecule has 116 valence electrons. The molecule has 0 saturated carbocycles. The normalized spacial score (nSPS) is 21.0. The summed E-state index contributed by atoms with van der Waals surface area (Å²) >= 11 is 0. The van der Waals surface area contributed by atoms with Crippen molar-refractivity contribution in [1.82, 2.24) is 15.4 Å². The summed E-state index contributed by atoms with van der Waals surface area (Å²) in [5.41, 5.74) is 0. The number of carbonyl (C=O) groups is 2. The number of rotatable bonds is 4. The Kier molecular flexibility index (Phi) is 4.46. The van der Waals surface area contributed by atoms with Gasteiger partial charge in [0.15, 0.2) is 15.6 Å². The first kappa shape index (κ1) is 15.3. The second-order valence-corrected chi connectivity index (χ2v) is 6.93. The smallest absolute Gasteiger partial charge is 0.318 e. The predicted molar refractivity (Wildman–Crippen MR) is 70.1 cm³/mol. The molecule has 21 heavy (non-hydrogen) atoms. The van der Waals surface area contributed by atoms with Crippen molar-refractivity contribution >= 4 is 21.8 Å². The molecule has 9 nitrogen and oxygen atoms in total. The van der Waals surface area contributed by atoms with Gasteiger partial charge in [-0.2, -0.15) is 0 Å². The Bertz CT molecular complexity index is 612. The number of carbonyl (C=O) groups excluding carboxylic acids is 1. The molecule has 1 fully saturated rings. The van der Waals surface area contributed by atoms with Crippen LogP contribution in [0, 0.1) is 0 Å². The van der Waals surface area contributed by atoms with E-state index in [0.29, 0.717) is 5.76 Å². The van der Waals surface area contributed by atoms with Crippen LogP contribution in [0.15, 0.2) is 16.8 Å². The molecule has 1 aromatic rings.